The summed E-state index contributed by atoms with van der Waals surface area (Å²) >= 11 is 0. The van der Waals surface area contributed by atoms with Crippen LogP contribution in [0.4, 0.5) is 0 Å². The Kier molecular flexibility index (Phi) is 5.86. The Balaban J connectivity index is 1.11. The molecule has 6 heteroatoms. The normalized spacial score (nSPS) is 11.9. The van der Waals surface area contributed by atoms with Crippen LogP contribution in [0, 0.1) is 0 Å². The van der Waals surface area contributed by atoms with Gasteiger partial charge in [0.15, 0.2) is 17.5 Å². The topological polar surface area (TPSA) is 69.9 Å². The first-order chi connectivity index (χ1) is 25.2. The predicted octanol–water partition coefficient (Wildman–Crippen LogP) is 11.8. The van der Waals surface area contributed by atoms with Crippen LogP contribution < -0.4 is 0 Å². The molecule has 0 saturated heterocycles. The molecule has 0 unspecified atom stereocenters. The summed E-state index contributed by atoms with van der Waals surface area (Å²) < 4.78 is 14.9. The molecule has 238 valence electrons. The van der Waals surface area contributed by atoms with Crippen molar-refractivity contribution in [3.8, 4) is 39.9 Å². The Morgan fingerprint density at radius 2 is 0.863 bits per heavy atom. The Hall–Kier alpha value is -7.05. The lowest BCUT2D eigenvalue weighted by atomic mass is 10.1. The van der Waals surface area contributed by atoms with Gasteiger partial charge in [-0.05, 0) is 66.7 Å². The Morgan fingerprint density at radius 1 is 0.333 bits per heavy atom. The molecular weight excluding hydrogens is 629 g/mol. The number of nitrogens with zero attached hydrogens (tertiary/aromatic N) is 4. The monoisotopic (exact) mass is 654 g/mol. The van der Waals surface area contributed by atoms with E-state index in [0.29, 0.717) is 17.5 Å². The molecule has 11 aromatic rings. The van der Waals surface area contributed by atoms with Gasteiger partial charge in [-0.1, -0.05) is 84.9 Å². The summed E-state index contributed by atoms with van der Waals surface area (Å²) in [5, 5.41) is 6.51. The molecule has 0 amide bonds. The maximum atomic E-state index is 6.52. The molecule has 51 heavy (non-hydrogen) atoms. The van der Waals surface area contributed by atoms with Crippen molar-refractivity contribution in [3.05, 3.63) is 158 Å². The van der Waals surface area contributed by atoms with Crippen LogP contribution in [0.5, 0.6) is 0 Å². The van der Waals surface area contributed by atoms with Crippen molar-refractivity contribution in [1.29, 1.82) is 0 Å². The fourth-order valence-corrected chi connectivity index (χ4v) is 7.45. The van der Waals surface area contributed by atoms with Crippen molar-refractivity contribution in [3.63, 3.8) is 0 Å². The average Bonchev–Trinajstić information content (AvgIpc) is 3.86. The van der Waals surface area contributed by atoms with E-state index in [-0.39, 0.29) is 0 Å². The number of rotatable bonds is 4. The van der Waals surface area contributed by atoms with Crippen molar-refractivity contribution in [1.82, 2.24) is 19.5 Å². The van der Waals surface area contributed by atoms with Gasteiger partial charge in [-0.15, -0.1) is 0 Å². The maximum absolute atomic E-state index is 6.52. The van der Waals surface area contributed by atoms with Gasteiger partial charge in [0.1, 0.15) is 22.3 Å². The maximum Gasteiger partial charge on any atom is 0.164 e. The van der Waals surface area contributed by atoms with Crippen LogP contribution in [0.25, 0.3) is 106 Å². The number of benzene rings is 7. The number of hydrogen-bond donors (Lipinski definition) is 0. The molecule has 0 radical (unpaired) electrons. The van der Waals surface area contributed by atoms with Crippen LogP contribution >= 0.6 is 0 Å². The number of hydrogen-bond acceptors (Lipinski definition) is 5. The molecule has 0 saturated carbocycles. The van der Waals surface area contributed by atoms with Crippen LogP contribution in [0.2, 0.25) is 0 Å². The first-order valence-corrected chi connectivity index (χ1v) is 16.9. The first-order valence-electron chi connectivity index (χ1n) is 16.9. The molecule has 0 atom stereocenters. The van der Waals surface area contributed by atoms with E-state index in [1.807, 2.05) is 78.9 Å². The molecule has 0 bridgehead atoms. The van der Waals surface area contributed by atoms with E-state index in [2.05, 4.69) is 83.4 Å². The van der Waals surface area contributed by atoms with Crippen LogP contribution in [0.1, 0.15) is 0 Å². The van der Waals surface area contributed by atoms with Crippen LogP contribution in [0.15, 0.2) is 167 Å². The van der Waals surface area contributed by atoms with Crippen LogP contribution in [-0.2, 0) is 0 Å². The second kappa shape index (κ2) is 10.7. The molecule has 0 fully saturated rings. The summed E-state index contributed by atoms with van der Waals surface area (Å²) in [5.41, 5.74) is 9.39. The molecule has 6 nitrogen and oxygen atoms in total. The molecule has 0 aliphatic carbocycles. The van der Waals surface area contributed by atoms with Gasteiger partial charge < -0.3 is 13.4 Å². The zero-order valence-corrected chi connectivity index (χ0v) is 27.1. The SMILES string of the molecule is c1ccc(-c2nc(-c3ccc4oc5ccccc5c4c3)nc(-c3ccc4oc5cc6c(cc5c4c3)c3ccccc3n6-c3ccccc3)n2)cc1. The van der Waals surface area contributed by atoms with Gasteiger partial charge in [-0.3, -0.25) is 0 Å². The van der Waals surface area contributed by atoms with Gasteiger partial charge >= 0.3 is 0 Å². The van der Waals surface area contributed by atoms with Gasteiger partial charge in [0, 0.05) is 60.8 Å². The standard InChI is InChI=1S/C45H26N4O2/c1-3-11-27(12-4-1)43-46-44(28-19-21-40-34(23-28)32-16-8-10-18-39(32)50-40)48-45(47-43)29-20-22-41-35(24-29)36-25-33-31-15-7-9-17-37(31)49(30-13-5-2-6-14-30)38(33)26-42(36)51-41/h1-26H. The Labute approximate surface area is 290 Å². The summed E-state index contributed by atoms with van der Waals surface area (Å²) in [6.07, 6.45) is 0. The zero-order chi connectivity index (χ0) is 33.5. The van der Waals surface area contributed by atoms with Crippen molar-refractivity contribution in [2.45, 2.75) is 0 Å². The van der Waals surface area contributed by atoms with Gasteiger partial charge in [0.25, 0.3) is 0 Å². The van der Waals surface area contributed by atoms with E-state index in [1.54, 1.807) is 0 Å². The van der Waals surface area contributed by atoms with E-state index in [1.165, 1.54) is 10.8 Å². The predicted molar refractivity (Wildman–Crippen MR) is 205 cm³/mol. The summed E-state index contributed by atoms with van der Waals surface area (Å²) in [6, 6.07) is 53.9. The Bertz CT molecular complexity index is 3140. The highest BCUT2D eigenvalue weighted by Crippen LogP contribution is 2.39. The minimum absolute atomic E-state index is 0.592. The van der Waals surface area contributed by atoms with E-state index in [9.17, 15) is 0 Å². The van der Waals surface area contributed by atoms with Crippen molar-refractivity contribution in [2.24, 2.45) is 0 Å². The first kappa shape index (κ1) is 27.9. The molecule has 7 aromatic carbocycles. The third kappa shape index (κ3) is 4.33. The highest BCUT2D eigenvalue weighted by Gasteiger charge is 2.19. The molecule has 0 N–H and O–H groups in total. The van der Waals surface area contributed by atoms with Crippen LogP contribution in [-0.4, -0.2) is 19.5 Å². The molecule has 0 spiro atoms. The quantitative estimate of drug-likeness (QED) is 0.189. The number of furan rings is 2. The summed E-state index contributed by atoms with van der Waals surface area (Å²) in [5.74, 6) is 1.80. The van der Waals surface area contributed by atoms with E-state index < -0.39 is 0 Å². The highest BCUT2D eigenvalue weighted by molar-refractivity contribution is 6.17. The number of fused-ring (bicyclic) bond motifs is 9. The lowest BCUT2D eigenvalue weighted by Gasteiger charge is -2.08. The van der Waals surface area contributed by atoms with E-state index >= 15 is 0 Å². The fourth-order valence-electron chi connectivity index (χ4n) is 7.45. The smallest absolute Gasteiger partial charge is 0.164 e. The molecule has 4 aromatic heterocycles. The summed E-state index contributed by atoms with van der Waals surface area (Å²) in [7, 11) is 0. The highest BCUT2D eigenvalue weighted by atomic mass is 16.3. The van der Waals surface area contributed by atoms with E-state index in [4.69, 9.17) is 23.8 Å². The Morgan fingerprint density at radius 3 is 1.59 bits per heavy atom. The van der Waals surface area contributed by atoms with Crippen molar-refractivity contribution in [2.75, 3.05) is 0 Å². The molecular formula is C45H26N4O2. The fraction of sp³-hybridized carbons (Fsp3) is 0. The van der Waals surface area contributed by atoms with Crippen LogP contribution in [0.3, 0.4) is 0 Å². The molecule has 4 heterocycles. The lowest BCUT2D eigenvalue weighted by Crippen LogP contribution is -2.00. The molecule has 11 rings (SSSR count). The van der Waals surface area contributed by atoms with Gasteiger partial charge in [0.2, 0.25) is 0 Å². The minimum Gasteiger partial charge on any atom is -0.456 e. The third-order valence-corrected chi connectivity index (χ3v) is 9.84. The average molecular weight is 655 g/mol. The lowest BCUT2D eigenvalue weighted by molar-refractivity contribution is 0.668. The van der Waals surface area contributed by atoms with Crippen molar-refractivity contribution >= 4 is 65.7 Å². The second-order valence-corrected chi connectivity index (χ2v) is 12.8. The number of aromatic nitrogens is 4. The van der Waals surface area contributed by atoms with Gasteiger partial charge in [0.05, 0.1) is 11.0 Å². The van der Waals surface area contributed by atoms with Crippen molar-refractivity contribution < 1.29 is 8.83 Å². The summed E-state index contributed by atoms with van der Waals surface area (Å²) in [4.78, 5) is 15.1. The zero-order valence-electron chi connectivity index (χ0n) is 27.1. The minimum atomic E-state index is 0.592. The van der Waals surface area contributed by atoms with E-state index in [0.717, 1.165) is 77.3 Å². The number of para-hydroxylation sites is 3. The second-order valence-electron chi connectivity index (χ2n) is 12.8. The molecule has 0 aliphatic heterocycles. The summed E-state index contributed by atoms with van der Waals surface area (Å²) in [6.45, 7) is 0. The third-order valence-electron chi connectivity index (χ3n) is 9.84. The molecule has 0 aliphatic rings. The largest absolute Gasteiger partial charge is 0.456 e. The van der Waals surface area contributed by atoms with Gasteiger partial charge in [-0.25, -0.2) is 15.0 Å². The van der Waals surface area contributed by atoms with Gasteiger partial charge in [-0.2, -0.15) is 0 Å².